The number of hydrogen-bond donors (Lipinski definition) is 1. The van der Waals surface area contributed by atoms with Crippen LogP contribution in [0.5, 0.6) is 11.5 Å². The highest BCUT2D eigenvalue weighted by Crippen LogP contribution is 2.42. The van der Waals surface area contributed by atoms with E-state index in [2.05, 4.69) is 69.1 Å². The number of para-hydroxylation sites is 1. The molecule has 0 bridgehead atoms. The first-order chi connectivity index (χ1) is 18.8. The fourth-order valence-corrected chi connectivity index (χ4v) is 5.96. The zero-order chi connectivity index (χ0) is 27.8. The van der Waals surface area contributed by atoms with E-state index in [1.807, 2.05) is 12.1 Å². The number of benzene rings is 2. The molecule has 1 saturated heterocycles. The van der Waals surface area contributed by atoms with E-state index in [0.717, 1.165) is 93.1 Å². The number of hydrogen-bond acceptors (Lipinski definition) is 5. The van der Waals surface area contributed by atoms with E-state index in [4.69, 9.17) is 14.2 Å². The summed E-state index contributed by atoms with van der Waals surface area (Å²) in [5.41, 5.74) is 4.36. The van der Waals surface area contributed by atoms with Gasteiger partial charge in [-0.3, -0.25) is 9.69 Å². The fourth-order valence-electron chi connectivity index (χ4n) is 5.96. The Labute approximate surface area is 235 Å². The molecule has 214 valence electrons. The molecule has 0 aromatic heterocycles. The molecule has 1 N–H and O–H groups in total. The van der Waals surface area contributed by atoms with Crippen LogP contribution in [0.25, 0.3) is 0 Å². The maximum Gasteiger partial charge on any atom is 0.231 e. The minimum absolute atomic E-state index is 0.0501. The van der Waals surface area contributed by atoms with E-state index in [1.165, 1.54) is 5.56 Å². The second-order valence-corrected chi connectivity index (χ2v) is 12.0. The minimum Gasteiger partial charge on any atom is -0.454 e. The molecule has 1 amide bonds. The normalized spacial score (nSPS) is 17.2. The molecule has 0 aliphatic carbocycles. The van der Waals surface area contributed by atoms with Gasteiger partial charge in [-0.2, -0.15) is 0 Å². The van der Waals surface area contributed by atoms with Crippen LogP contribution in [0, 0.1) is 0 Å². The van der Waals surface area contributed by atoms with Crippen molar-refractivity contribution in [1.82, 2.24) is 4.90 Å². The van der Waals surface area contributed by atoms with E-state index in [9.17, 15) is 4.79 Å². The van der Waals surface area contributed by atoms with Gasteiger partial charge in [-0.25, -0.2) is 0 Å². The van der Waals surface area contributed by atoms with Crippen molar-refractivity contribution in [3.63, 3.8) is 0 Å². The Hall–Kier alpha value is -2.57. The Bertz CT molecular complexity index is 1090. The molecule has 2 aliphatic heterocycles. The highest BCUT2D eigenvalue weighted by molar-refractivity contribution is 5.92. The molecular weight excluding hydrogens is 488 g/mol. The number of amides is 1. The van der Waals surface area contributed by atoms with Crippen LogP contribution in [0.1, 0.15) is 108 Å². The van der Waals surface area contributed by atoms with Gasteiger partial charge in [-0.15, -0.1) is 0 Å². The molecule has 39 heavy (non-hydrogen) atoms. The lowest BCUT2D eigenvalue weighted by atomic mass is 9.84. The van der Waals surface area contributed by atoms with E-state index >= 15 is 0 Å². The van der Waals surface area contributed by atoms with Crippen molar-refractivity contribution in [2.24, 2.45) is 0 Å². The number of rotatable bonds is 12. The summed E-state index contributed by atoms with van der Waals surface area (Å²) in [7, 11) is 0. The number of ether oxygens (including phenoxy) is 3. The number of unbranched alkanes of at least 4 members (excludes halogenated alkanes) is 2. The first-order valence-corrected chi connectivity index (χ1v) is 15.0. The first kappa shape index (κ1) is 29.4. The molecule has 0 spiro atoms. The third kappa shape index (κ3) is 7.55. The van der Waals surface area contributed by atoms with Gasteiger partial charge in [0.2, 0.25) is 12.7 Å². The lowest BCUT2D eigenvalue weighted by Gasteiger charge is -2.35. The number of anilines is 1. The molecule has 2 atom stereocenters. The predicted molar refractivity (Wildman–Crippen MR) is 158 cm³/mol. The van der Waals surface area contributed by atoms with Crippen molar-refractivity contribution >= 4 is 11.6 Å². The summed E-state index contributed by atoms with van der Waals surface area (Å²) < 4.78 is 17.1. The largest absolute Gasteiger partial charge is 0.454 e. The van der Waals surface area contributed by atoms with Crippen molar-refractivity contribution in [3.8, 4) is 11.5 Å². The van der Waals surface area contributed by atoms with Gasteiger partial charge in [0.1, 0.15) is 0 Å². The van der Waals surface area contributed by atoms with Gasteiger partial charge in [0.15, 0.2) is 11.5 Å². The number of morpholine rings is 1. The van der Waals surface area contributed by atoms with Crippen molar-refractivity contribution in [2.75, 3.05) is 38.4 Å². The molecule has 6 nitrogen and oxygen atoms in total. The van der Waals surface area contributed by atoms with Gasteiger partial charge in [0.05, 0.1) is 13.2 Å². The van der Waals surface area contributed by atoms with Crippen LogP contribution in [0.4, 0.5) is 5.69 Å². The number of fused-ring (bicyclic) bond motifs is 1. The molecule has 2 aromatic rings. The van der Waals surface area contributed by atoms with Gasteiger partial charge < -0.3 is 19.5 Å². The fraction of sp³-hybridized carbons (Fsp3) is 0.606. The van der Waals surface area contributed by atoms with Gasteiger partial charge >= 0.3 is 0 Å². The zero-order valence-electron chi connectivity index (χ0n) is 24.7. The third-order valence-corrected chi connectivity index (χ3v) is 8.01. The molecule has 6 heteroatoms. The minimum atomic E-state index is -0.0910. The Kier molecular flexibility index (Phi) is 10.3. The van der Waals surface area contributed by atoms with Crippen molar-refractivity contribution in [3.05, 3.63) is 53.1 Å². The number of nitrogens with one attached hydrogen (secondary N) is 1. The molecule has 2 heterocycles. The summed E-state index contributed by atoms with van der Waals surface area (Å²) in [6, 6.07) is 13.1. The average molecular weight is 537 g/mol. The Morgan fingerprint density at radius 3 is 2.51 bits per heavy atom. The highest BCUT2D eigenvalue weighted by atomic mass is 16.7. The summed E-state index contributed by atoms with van der Waals surface area (Å²) in [6.45, 7) is 14.8. The quantitative estimate of drug-likeness (QED) is 0.283. The average Bonchev–Trinajstić information content (AvgIpc) is 3.40. The summed E-state index contributed by atoms with van der Waals surface area (Å²) in [5, 5.41) is 3.36. The smallest absolute Gasteiger partial charge is 0.231 e. The number of nitrogens with zero attached hydrogens (tertiary/aromatic N) is 1. The van der Waals surface area contributed by atoms with Gasteiger partial charge in [-0.05, 0) is 47.4 Å². The predicted octanol–water partition coefficient (Wildman–Crippen LogP) is 7.58. The van der Waals surface area contributed by atoms with Crippen LogP contribution >= 0.6 is 0 Å². The first-order valence-electron chi connectivity index (χ1n) is 15.0. The molecule has 0 radical (unpaired) electrons. The summed E-state index contributed by atoms with van der Waals surface area (Å²) in [4.78, 5) is 16.2. The van der Waals surface area contributed by atoms with Gasteiger partial charge in [0.25, 0.3) is 0 Å². The second kappa shape index (κ2) is 13.7. The van der Waals surface area contributed by atoms with Crippen LogP contribution < -0.4 is 14.8 Å². The third-order valence-electron chi connectivity index (χ3n) is 8.01. The van der Waals surface area contributed by atoms with Crippen LogP contribution in [0.3, 0.4) is 0 Å². The Morgan fingerprint density at radius 1 is 1.00 bits per heavy atom. The van der Waals surface area contributed by atoms with E-state index in [-0.39, 0.29) is 24.0 Å². The lowest BCUT2D eigenvalue weighted by molar-refractivity contribution is -0.116. The van der Waals surface area contributed by atoms with Crippen molar-refractivity contribution in [1.29, 1.82) is 0 Å². The monoisotopic (exact) mass is 536 g/mol. The Morgan fingerprint density at radius 2 is 1.79 bits per heavy atom. The molecule has 0 saturated carbocycles. The number of carbonyl (C=O) groups is 1. The topological polar surface area (TPSA) is 60.0 Å². The molecule has 4 rings (SSSR count). The SMILES string of the molecule is CCCCCC(CC(=O)Nc1cc(C(CCC)N2CCOCC2)ccc1C(C)(C)C)c1cccc2c1OCO2. The van der Waals surface area contributed by atoms with Crippen molar-refractivity contribution in [2.45, 2.75) is 96.9 Å². The number of carbonyl (C=O) groups excluding carboxylic acids is 1. The van der Waals surface area contributed by atoms with E-state index in [0.29, 0.717) is 12.5 Å². The summed E-state index contributed by atoms with van der Waals surface area (Å²) >= 11 is 0. The van der Waals surface area contributed by atoms with Crippen molar-refractivity contribution < 1.29 is 19.0 Å². The van der Waals surface area contributed by atoms with Gasteiger partial charge in [0, 0.05) is 36.8 Å². The van der Waals surface area contributed by atoms with E-state index < -0.39 is 0 Å². The maximum absolute atomic E-state index is 13.7. The molecule has 2 aromatic carbocycles. The second-order valence-electron chi connectivity index (χ2n) is 12.0. The van der Waals surface area contributed by atoms with Crippen LogP contribution in [-0.4, -0.2) is 43.9 Å². The standard InChI is InChI=1S/C33H48N2O4/c1-6-8-9-12-24(26-13-10-14-30-32(26)39-23-38-30)22-31(36)34-28-21-25(15-16-27(28)33(3,4)5)29(11-7-2)35-17-19-37-20-18-35/h10,13-16,21,24,29H,6-9,11-12,17-20,22-23H2,1-5H3,(H,34,36). The highest BCUT2D eigenvalue weighted by Gasteiger charge is 2.28. The molecule has 2 unspecified atom stereocenters. The van der Waals surface area contributed by atoms with Crippen LogP contribution in [0.15, 0.2) is 36.4 Å². The summed E-state index contributed by atoms with van der Waals surface area (Å²) in [6.07, 6.45) is 6.94. The molecular formula is C33H48N2O4. The van der Waals surface area contributed by atoms with Crippen LogP contribution in [0.2, 0.25) is 0 Å². The maximum atomic E-state index is 13.7. The molecule has 2 aliphatic rings. The molecule has 1 fully saturated rings. The lowest BCUT2D eigenvalue weighted by Crippen LogP contribution is -2.39. The zero-order valence-corrected chi connectivity index (χ0v) is 24.7. The van der Waals surface area contributed by atoms with Crippen LogP contribution in [-0.2, 0) is 14.9 Å². The summed E-state index contributed by atoms with van der Waals surface area (Å²) in [5.74, 6) is 1.71. The van der Waals surface area contributed by atoms with Gasteiger partial charge in [-0.1, -0.05) is 84.6 Å². The Balaban J connectivity index is 1.59. The van der Waals surface area contributed by atoms with E-state index in [1.54, 1.807) is 0 Å².